The summed E-state index contributed by atoms with van der Waals surface area (Å²) < 4.78 is 0.956. The second kappa shape index (κ2) is 4.51. The third-order valence-electron chi connectivity index (χ3n) is 2.23. The van der Waals surface area contributed by atoms with Crippen LogP contribution in [0.5, 0.6) is 0 Å². The second-order valence-corrected chi connectivity index (χ2v) is 5.69. The molecule has 0 aliphatic rings. The first-order valence-electron chi connectivity index (χ1n) is 4.89. The van der Waals surface area contributed by atoms with Gasteiger partial charge in [-0.05, 0) is 48.3 Å². The molecule has 84 valence electrons. The molecule has 0 aliphatic carbocycles. The number of pyridine rings is 1. The van der Waals surface area contributed by atoms with E-state index in [1.165, 1.54) is 4.88 Å². The molecule has 0 atom stereocenters. The summed E-state index contributed by atoms with van der Waals surface area (Å²) in [5.74, 6) is 0.805. The molecule has 0 spiro atoms. The van der Waals surface area contributed by atoms with Crippen molar-refractivity contribution in [1.82, 2.24) is 9.97 Å². The number of halogens is 1. The van der Waals surface area contributed by atoms with Gasteiger partial charge in [0.1, 0.15) is 5.82 Å². The van der Waals surface area contributed by atoms with Crippen molar-refractivity contribution in [2.24, 2.45) is 0 Å². The minimum absolute atomic E-state index is 0.805. The van der Waals surface area contributed by atoms with Gasteiger partial charge in [0.15, 0.2) is 5.13 Å². The molecule has 0 saturated heterocycles. The summed E-state index contributed by atoms with van der Waals surface area (Å²) in [6.45, 7) is 6.09. The normalized spacial score (nSPS) is 10.5. The Morgan fingerprint density at radius 1 is 1.31 bits per heavy atom. The van der Waals surface area contributed by atoms with Crippen molar-refractivity contribution in [3.63, 3.8) is 0 Å². The van der Waals surface area contributed by atoms with Crippen molar-refractivity contribution >= 4 is 38.2 Å². The van der Waals surface area contributed by atoms with Crippen molar-refractivity contribution < 1.29 is 0 Å². The number of rotatable bonds is 2. The summed E-state index contributed by atoms with van der Waals surface area (Å²) in [5, 5.41) is 4.09. The van der Waals surface area contributed by atoms with E-state index >= 15 is 0 Å². The van der Waals surface area contributed by atoms with E-state index in [-0.39, 0.29) is 0 Å². The van der Waals surface area contributed by atoms with Gasteiger partial charge in [-0.15, -0.1) is 11.3 Å². The number of anilines is 2. The summed E-state index contributed by atoms with van der Waals surface area (Å²) >= 11 is 5.12. The van der Waals surface area contributed by atoms with Crippen LogP contribution >= 0.6 is 27.3 Å². The van der Waals surface area contributed by atoms with Crippen LogP contribution < -0.4 is 5.32 Å². The first kappa shape index (κ1) is 11.5. The van der Waals surface area contributed by atoms with Crippen molar-refractivity contribution in [1.29, 1.82) is 0 Å². The van der Waals surface area contributed by atoms with Crippen molar-refractivity contribution in [3.05, 3.63) is 32.9 Å². The third kappa shape index (κ3) is 2.41. The molecular formula is C11H12BrN3S. The predicted octanol–water partition coefficient (Wildman–Crippen LogP) is 3.97. The molecule has 0 aliphatic heterocycles. The van der Waals surface area contributed by atoms with E-state index in [4.69, 9.17) is 0 Å². The van der Waals surface area contributed by atoms with Crippen LogP contribution in [0, 0.1) is 20.8 Å². The number of nitrogens with zero attached hydrogens (tertiary/aromatic N) is 2. The number of aromatic nitrogens is 2. The SMILES string of the molecule is Cc1cnc(Nc2nc(C)c(C)s2)c(Br)c1. The number of nitrogens with one attached hydrogen (secondary N) is 1. The minimum Gasteiger partial charge on any atom is -0.315 e. The van der Waals surface area contributed by atoms with Crippen LogP contribution in [0.1, 0.15) is 16.1 Å². The van der Waals surface area contributed by atoms with Gasteiger partial charge in [-0.2, -0.15) is 0 Å². The van der Waals surface area contributed by atoms with Gasteiger partial charge in [-0.25, -0.2) is 9.97 Å². The van der Waals surface area contributed by atoms with Crippen LogP contribution in [0.2, 0.25) is 0 Å². The zero-order valence-electron chi connectivity index (χ0n) is 9.34. The first-order valence-corrected chi connectivity index (χ1v) is 6.50. The smallest absolute Gasteiger partial charge is 0.188 e. The molecule has 0 radical (unpaired) electrons. The molecule has 2 aromatic rings. The number of thiazole rings is 1. The maximum Gasteiger partial charge on any atom is 0.188 e. The van der Waals surface area contributed by atoms with Gasteiger partial charge in [0.2, 0.25) is 0 Å². The summed E-state index contributed by atoms with van der Waals surface area (Å²) in [6, 6.07) is 2.03. The third-order valence-corrected chi connectivity index (χ3v) is 3.82. The van der Waals surface area contributed by atoms with Crippen LogP contribution in [0.3, 0.4) is 0 Å². The summed E-state index contributed by atoms with van der Waals surface area (Å²) in [6.07, 6.45) is 1.83. The van der Waals surface area contributed by atoms with Gasteiger partial charge >= 0.3 is 0 Å². The highest BCUT2D eigenvalue weighted by atomic mass is 79.9. The first-order chi connectivity index (χ1) is 7.56. The lowest BCUT2D eigenvalue weighted by Gasteiger charge is -2.04. The average Bonchev–Trinajstić information content (AvgIpc) is 2.51. The Bertz CT molecular complexity index is 502. The van der Waals surface area contributed by atoms with Crippen LogP contribution in [0.15, 0.2) is 16.7 Å². The minimum atomic E-state index is 0.805. The van der Waals surface area contributed by atoms with Crippen molar-refractivity contribution in [3.8, 4) is 0 Å². The fourth-order valence-corrected chi connectivity index (χ4v) is 2.63. The lowest BCUT2D eigenvalue weighted by atomic mass is 10.3. The highest BCUT2D eigenvalue weighted by molar-refractivity contribution is 9.10. The van der Waals surface area contributed by atoms with Crippen LogP contribution in [-0.4, -0.2) is 9.97 Å². The molecule has 0 fully saturated rings. The Kier molecular flexibility index (Phi) is 3.25. The molecule has 2 aromatic heterocycles. The Balaban J connectivity index is 2.27. The van der Waals surface area contributed by atoms with Gasteiger partial charge in [0.05, 0.1) is 10.2 Å². The summed E-state index contributed by atoms with van der Waals surface area (Å²) in [4.78, 5) is 9.96. The van der Waals surface area contributed by atoms with Gasteiger partial charge in [-0.3, -0.25) is 0 Å². The highest BCUT2D eigenvalue weighted by Crippen LogP contribution is 2.28. The average molecular weight is 298 g/mol. The Labute approximate surface area is 107 Å². The molecule has 3 nitrogen and oxygen atoms in total. The van der Waals surface area contributed by atoms with E-state index in [0.717, 1.165) is 26.7 Å². The van der Waals surface area contributed by atoms with E-state index in [1.54, 1.807) is 11.3 Å². The number of aryl methyl sites for hydroxylation is 3. The molecule has 2 rings (SSSR count). The molecule has 5 heteroatoms. The van der Waals surface area contributed by atoms with E-state index in [9.17, 15) is 0 Å². The molecule has 0 aromatic carbocycles. The van der Waals surface area contributed by atoms with E-state index in [0.29, 0.717) is 0 Å². The molecule has 1 N–H and O–H groups in total. The largest absolute Gasteiger partial charge is 0.315 e. The van der Waals surface area contributed by atoms with Gasteiger partial charge in [0.25, 0.3) is 0 Å². The fraction of sp³-hybridized carbons (Fsp3) is 0.273. The summed E-state index contributed by atoms with van der Waals surface area (Å²) in [7, 11) is 0. The standard InChI is InChI=1S/C11H12BrN3S/c1-6-4-9(12)10(13-5-6)15-11-14-7(2)8(3)16-11/h4-5H,1-3H3,(H,13,14,15). The van der Waals surface area contributed by atoms with Crippen molar-refractivity contribution in [2.45, 2.75) is 20.8 Å². The lowest BCUT2D eigenvalue weighted by Crippen LogP contribution is -1.94. The monoisotopic (exact) mass is 297 g/mol. The molecular weight excluding hydrogens is 286 g/mol. The lowest BCUT2D eigenvalue weighted by molar-refractivity contribution is 1.20. The van der Waals surface area contributed by atoms with Crippen LogP contribution in [-0.2, 0) is 0 Å². The molecule has 0 unspecified atom stereocenters. The Morgan fingerprint density at radius 2 is 2.06 bits per heavy atom. The number of hydrogen-bond acceptors (Lipinski definition) is 4. The van der Waals surface area contributed by atoms with Gasteiger partial charge < -0.3 is 5.32 Å². The topological polar surface area (TPSA) is 37.8 Å². The van der Waals surface area contributed by atoms with Crippen LogP contribution in [0.25, 0.3) is 0 Å². The molecule has 16 heavy (non-hydrogen) atoms. The van der Waals surface area contributed by atoms with E-state index in [2.05, 4.69) is 38.1 Å². The van der Waals surface area contributed by atoms with Crippen LogP contribution in [0.4, 0.5) is 10.9 Å². The second-order valence-electron chi connectivity index (χ2n) is 3.63. The summed E-state index contributed by atoms with van der Waals surface area (Å²) in [5.41, 5.74) is 2.19. The highest BCUT2D eigenvalue weighted by Gasteiger charge is 2.06. The maximum absolute atomic E-state index is 4.42. The Hall–Kier alpha value is -0.940. The van der Waals surface area contributed by atoms with Gasteiger partial charge in [-0.1, -0.05) is 0 Å². The molecule has 0 amide bonds. The Morgan fingerprint density at radius 3 is 2.62 bits per heavy atom. The predicted molar refractivity (Wildman–Crippen MR) is 71.5 cm³/mol. The quantitative estimate of drug-likeness (QED) is 0.911. The fourth-order valence-electron chi connectivity index (χ4n) is 1.25. The van der Waals surface area contributed by atoms with Gasteiger partial charge in [0, 0.05) is 11.1 Å². The zero-order chi connectivity index (χ0) is 11.7. The zero-order valence-corrected chi connectivity index (χ0v) is 11.7. The van der Waals surface area contributed by atoms with E-state index in [1.807, 2.05) is 26.1 Å². The number of hydrogen-bond donors (Lipinski definition) is 1. The molecule has 2 heterocycles. The van der Waals surface area contributed by atoms with Crippen molar-refractivity contribution in [2.75, 3.05) is 5.32 Å². The maximum atomic E-state index is 4.42. The van der Waals surface area contributed by atoms with E-state index < -0.39 is 0 Å². The molecule has 0 saturated carbocycles. The molecule has 0 bridgehead atoms.